The number of carbonyl (C=O) groups is 1. The Labute approximate surface area is 166 Å². The van der Waals surface area contributed by atoms with Crippen LogP contribution in [0, 0.1) is 0 Å². The van der Waals surface area contributed by atoms with Gasteiger partial charge in [-0.2, -0.15) is 0 Å². The Hall–Kier alpha value is -2.69. The Kier molecular flexibility index (Phi) is 6.22. The molecule has 0 aromatic heterocycles. The van der Waals surface area contributed by atoms with E-state index in [0.29, 0.717) is 15.8 Å². The second-order valence-corrected chi connectivity index (χ2v) is 6.58. The SMILES string of the molecule is O=C(O)c1cccc(OCc2ccc(Cl)cc2Cl)c1OCc1ccccc1. The number of carboxylic acids is 1. The number of aromatic carboxylic acids is 1. The monoisotopic (exact) mass is 402 g/mol. The van der Waals surface area contributed by atoms with Crippen molar-refractivity contribution in [3.8, 4) is 11.5 Å². The maximum atomic E-state index is 11.6. The number of benzene rings is 3. The summed E-state index contributed by atoms with van der Waals surface area (Å²) in [5.41, 5.74) is 1.69. The van der Waals surface area contributed by atoms with Crippen molar-refractivity contribution in [1.29, 1.82) is 0 Å². The zero-order valence-corrected chi connectivity index (χ0v) is 15.7. The summed E-state index contributed by atoms with van der Waals surface area (Å²) < 4.78 is 11.6. The molecule has 1 N–H and O–H groups in total. The van der Waals surface area contributed by atoms with Crippen LogP contribution in [0.25, 0.3) is 0 Å². The summed E-state index contributed by atoms with van der Waals surface area (Å²) in [6.07, 6.45) is 0. The largest absolute Gasteiger partial charge is 0.485 e. The van der Waals surface area contributed by atoms with Crippen molar-refractivity contribution in [2.24, 2.45) is 0 Å². The maximum absolute atomic E-state index is 11.6. The molecule has 6 heteroatoms. The van der Waals surface area contributed by atoms with Crippen molar-refractivity contribution < 1.29 is 19.4 Å². The highest BCUT2D eigenvalue weighted by atomic mass is 35.5. The number of rotatable bonds is 7. The second kappa shape index (κ2) is 8.80. The zero-order valence-electron chi connectivity index (χ0n) is 14.2. The van der Waals surface area contributed by atoms with E-state index < -0.39 is 5.97 Å². The van der Waals surface area contributed by atoms with Crippen molar-refractivity contribution >= 4 is 29.2 Å². The Morgan fingerprint density at radius 3 is 2.37 bits per heavy atom. The van der Waals surface area contributed by atoms with E-state index in [-0.39, 0.29) is 24.5 Å². The average molecular weight is 403 g/mol. The average Bonchev–Trinajstić information content (AvgIpc) is 2.66. The fraction of sp³-hybridized carbons (Fsp3) is 0.0952. The number of hydrogen-bond acceptors (Lipinski definition) is 3. The highest BCUT2D eigenvalue weighted by molar-refractivity contribution is 6.35. The van der Waals surface area contributed by atoms with E-state index in [2.05, 4.69) is 0 Å². The lowest BCUT2D eigenvalue weighted by Gasteiger charge is -2.15. The fourth-order valence-electron chi connectivity index (χ4n) is 2.47. The van der Waals surface area contributed by atoms with E-state index in [1.165, 1.54) is 6.07 Å². The first-order valence-corrected chi connectivity index (χ1v) is 8.90. The molecular weight excluding hydrogens is 387 g/mol. The summed E-state index contributed by atoms with van der Waals surface area (Å²) in [5, 5.41) is 10.5. The lowest BCUT2D eigenvalue weighted by molar-refractivity contribution is 0.0690. The van der Waals surface area contributed by atoms with Crippen molar-refractivity contribution in [1.82, 2.24) is 0 Å². The first kappa shape index (κ1) is 19.1. The second-order valence-electron chi connectivity index (χ2n) is 5.74. The third kappa shape index (κ3) is 4.94. The van der Waals surface area contributed by atoms with E-state index in [4.69, 9.17) is 32.7 Å². The van der Waals surface area contributed by atoms with Crippen molar-refractivity contribution in [2.75, 3.05) is 0 Å². The smallest absolute Gasteiger partial charge is 0.339 e. The van der Waals surface area contributed by atoms with E-state index in [1.54, 1.807) is 30.3 Å². The van der Waals surface area contributed by atoms with Gasteiger partial charge in [-0.05, 0) is 29.8 Å². The van der Waals surface area contributed by atoms with Gasteiger partial charge in [0.2, 0.25) is 0 Å². The van der Waals surface area contributed by atoms with E-state index >= 15 is 0 Å². The molecule has 3 rings (SSSR count). The number of ether oxygens (including phenoxy) is 2. The van der Waals surface area contributed by atoms with Crippen LogP contribution in [0.5, 0.6) is 11.5 Å². The van der Waals surface area contributed by atoms with Gasteiger partial charge in [-0.15, -0.1) is 0 Å². The van der Waals surface area contributed by atoms with Crippen LogP contribution in [0.1, 0.15) is 21.5 Å². The molecule has 0 amide bonds. The Morgan fingerprint density at radius 1 is 0.889 bits per heavy atom. The molecule has 0 saturated carbocycles. The molecule has 138 valence electrons. The molecule has 0 atom stereocenters. The first-order chi connectivity index (χ1) is 13.0. The van der Waals surface area contributed by atoms with Gasteiger partial charge in [0.25, 0.3) is 0 Å². The van der Waals surface area contributed by atoms with Crippen LogP contribution in [0.2, 0.25) is 10.0 Å². The molecule has 0 aliphatic heterocycles. The minimum absolute atomic E-state index is 0.0330. The lowest BCUT2D eigenvalue weighted by atomic mass is 10.1. The third-order valence-electron chi connectivity index (χ3n) is 3.83. The molecule has 0 radical (unpaired) electrons. The van der Waals surface area contributed by atoms with Gasteiger partial charge in [-0.1, -0.05) is 65.7 Å². The number of hydrogen-bond donors (Lipinski definition) is 1. The first-order valence-electron chi connectivity index (χ1n) is 8.14. The predicted molar refractivity (Wildman–Crippen MR) is 105 cm³/mol. The quantitative estimate of drug-likeness (QED) is 0.538. The number of para-hydroxylation sites is 1. The van der Waals surface area contributed by atoms with Crippen LogP contribution in [-0.2, 0) is 13.2 Å². The summed E-state index contributed by atoms with van der Waals surface area (Å²) in [4.78, 5) is 11.6. The summed E-state index contributed by atoms with van der Waals surface area (Å²) in [6.45, 7) is 0.379. The summed E-state index contributed by atoms with van der Waals surface area (Å²) in [7, 11) is 0. The Morgan fingerprint density at radius 2 is 1.67 bits per heavy atom. The zero-order chi connectivity index (χ0) is 19.2. The van der Waals surface area contributed by atoms with Crippen molar-refractivity contribution in [3.05, 3.63) is 93.5 Å². The molecule has 0 saturated heterocycles. The van der Waals surface area contributed by atoms with Gasteiger partial charge < -0.3 is 14.6 Å². The molecular formula is C21H16Cl2O4. The minimum atomic E-state index is -1.09. The van der Waals surface area contributed by atoms with Gasteiger partial charge in [-0.25, -0.2) is 4.79 Å². The van der Waals surface area contributed by atoms with E-state index in [0.717, 1.165) is 11.1 Å². The lowest BCUT2D eigenvalue weighted by Crippen LogP contribution is -2.06. The highest BCUT2D eigenvalue weighted by Crippen LogP contribution is 2.33. The van der Waals surface area contributed by atoms with Gasteiger partial charge >= 0.3 is 5.97 Å². The van der Waals surface area contributed by atoms with E-state index in [9.17, 15) is 9.90 Å². The van der Waals surface area contributed by atoms with Gasteiger partial charge in [-0.3, -0.25) is 0 Å². The Bertz CT molecular complexity index is 942. The maximum Gasteiger partial charge on any atom is 0.339 e. The van der Waals surface area contributed by atoms with Gasteiger partial charge in [0.05, 0.1) is 0 Å². The molecule has 0 unspecified atom stereocenters. The molecule has 4 nitrogen and oxygen atoms in total. The van der Waals surface area contributed by atoms with Crippen LogP contribution in [0.15, 0.2) is 66.7 Å². The van der Waals surface area contributed by atoms with Gasteiger partial charge in [0.1, 0.15) is 18.8 Å². The van der Waals surface area contributed by atoms with Gasteiger partial charge in [0, 0.05) is 15.6 Å². The molecule has 0 fully saturated rings. The predicted octanol–water partition coefficient (Wildman–Crippen LogP) is 5.85. The normalized spacial score (nSPS) is 10.4. The van der Waals surface area contributed by atoms with Crippen molar-refractivity contribution in [2.45, 2.75) is 13.2 Å². The molecule has 0 spiro atoms. The fourth-order valence-corrected chi connectivity index (χ4v) is 2.93. The number of halogens is 2. The highest BCUT2D eigenvalue weighted by Gasteiger charge is 2.17. The molecule has 0 bridgehead atoms. The van der Waals surface area contributed by atoms with E-state index in [1.807, 2.05) is 30.3 Å². The van der Waals surface area contributed by atoms with Crippen LogP contribution in [-0.4, -0.2) is 11.1 Å². The summed E-state index contributed by atoms with van der Waals surface area (Å²) in [5.74, 6) is -0.580. The Balaban J connectivity index is 1.83. The van der Waals surface area contributed by atoms with Crippen molar-refractivity contribution in [3.63, 3.8) is 0 Å². The molecule has 0 aliphatic carbocycles. The van der Waals surface area contributed by atoms with Crippen LogP contribution in [0.4, 0.5) is 0 Å². The molecule has 3 aromatic rings. The molecule has 3 aromatic carbocycles. The molecule has 27 heavy (non-hydrogen) atoms. The van der Waals surface area contributed by atoms with Crippen LogP contribution >= 0.6 is 23.2 Å². The molecule has 0 aliphatic rings. The van der Waals surface area contributed by atoms with Gasteiger partial charge in [0.15, 0.2) is 11.5 Å². The standard InChI is InChI=1S/C21H16Cl2O4/c22-16-10-9-15(18(23)11-16)13-26-19-8-4-7-17(21(24)25)20(19)27-12-14-5-2-1-3-6-14/h1-11H,12-13H2,(H,24,25). The van der Waals surface area contributed by atoms with Crippen LogP contribution in [0.3, 0.4) is 0 Å². The summed E-state index contributed by atoms with van der Waals surface area (Å²) >= 11 is 12.1. The number of carboxylic acid groups (broad SMARTS) is 1. The third-order valence-corrected chi connectivity index (χ3v) is 4.42. The van der Waals surface area contributed by atoms with Crippen LogP contribution < -0.4 is 9.47 Å². The molecule has 0 heterocycles. The topological polar surface area (TPSA) is 55.8 Å². The summed E-state index contributed by atoms with van der Waals surface area (Å²) in [6, 6.07) is 19.3. The minimum Gasteiger partial charge on any atom is -0.485 e.